The van der Waals surface area contributed by atoms with E-state index in [9.17, 15) is 0 Å². The van der Waals surface area contributed by atoms with Crippen LogP contribution in [0.4, 0.5) is 5.82 Å². The lowest BCUT2D eigenvalue weighted by molar-refractivity contribution is 0.861. The third-order valence-corrected chi connectivity index (χ3v) is 2.17. The summed E-state index contributed by atoms with van der Waals surface area (Å²) < 4.78 is 1.80. The van der Waals surface area contributed by atoms with Crippen molar-refractivity contribution in [2.24, 2.45) is 0 Å². The summed E-state index contributed by atoms with van der Waals surface area (Å²) in [4.78, 5) is 4.49. The summed E-state index contributed by atoms with van der Waals surface area (Å²) in [5, 5.41) is 7.30. The van der Waals surface area contributed by atoms with Gasteiger partial charge in [-0.15, -0.1) is 0 Å². The van der Waals surface area contributed by atoms with Crippen molar-refractivity contribution in [2.75, 3.05) is 12.4 Å². The van der Waals surface area contributed by atoms with Gasteiger partial charge in [-0.2, -0.15) is 9.61 Å². The third kappa shape index (κ3) is 1.43. The smallest absolute Gasteiger partial charge is 0.157 e. The summed E-state index contributed by atoms with van der Waals surface area (Å²) in [5.74, 6) is 0.989. The molecule has 2 aromatic rings. The summed E-state index contributed by atoms with van der Waals surface area (Å²) in [7, 11) is 1.90. The van der Waals surface area contributed by atoms with Gasteiger partial charge in [-0.3, -0.25) is 0 Å². The molecule has 0 bridgehead atoms. The van der Waals surface area contributed by atoms with Crippen molar-refractivity contribution in [3.63, 3.8) is 0 Å². The van der Waals surface area contributed by atoms with Crippen molar-refractivity contribution in [2.45, 2.75) is 19.8 Å². The predicted molar refractivity (Wildman–Crippen MR) is 56.5 cm³/mol. The number of aryl methyl sites for hydroxylation is 1. The molecule has 0 atom stereocenters. The Morgan fingerprint density at radius 1 is 1.50 bits per heavy atom. The van der Waals surface area contributed by atoms with Crippen LogP contribution in [-0.2, 0) is 6.42 Å². The van der Waals surface area contributed by atoms with E-state index in [-0.39, 0.29) is 0 Å². The molecule has 0 radical (unpaired) electrons. The van der Waals surface area contributed by atoms with Crippen LogP contribution in [0.15, 0.2) is 18.3 Å². The molecule has 2 rings (SSSR count). The van der Waals surface area contributed by atoms with Crippen molar-refractivity contribution in [3.05, 3.63) is 24.0 Å². The van der Waals surface area contributed by atoms with Gasteiger partial charge in [0.15, 0.2) is 5.65 Å². The number of fused-ring (bicyclic) bond motifs is 1. The first-order chi connectivity index (χ1) is 6.85. The standard InChI is InChI=1S/C10H14N4/c1-3-4-8-7-10(11-2)14-9(13-8)5-6-12-14/h5-7,11H,3-4H2,1-2H3. The average Bonchev–Trinajstić information content (AvgIpc) is 2.65. The van der Waals surface area contributed by atoms with E-state index in [0.29, 0.717) is 0 Å². The molecule has 0 saturated heterocycles. The van der Waals surface area contributed by atoms with Gasteiger partial charge in [0.2, 0.25) is 0 Å². The number of nitrogens with zero attached hydrogens (tertiary/aromatic N) is 3. The monoisotopic (exact) mass is 190 g/mol. The van der Waals surface area contributed by atoms with Crippen molar-refractivity contribution < 1.29 is 0 Å². The van der Waals surface area contributed by atoms with Gasteiger partial charge in [0, 0.05) is 24.9 Å². The number of anilines is 1. The molecule has 0 amide bonds. The van der Waals surface area contributed by atoms with Crippen LogP contribution in [-0.4, -0.2) is 21.6 Å². The fraction of sp³-hybridized carbons (Fsp3) is 0.400. The van der Waals surface area contributed by atoms with E-state index in [4.69, 9.17) is 0 Å². The van der Waals surface area contributed by atoms with Crippen LogP contribution in [0.3, 0.4) is 0 Å². The molecule has 0 aliphatic heterocycles. The average molecular weight is 190 g/mol. The summed E-state index contributed by atoms with van der Waals surface area (Å²) in [6.45, 7) is 2.15. The summed E-state index contributed by atoms with van der Waals surface area (Å²) in [6, 6.07) is 3.96. The highest BCUT2D eigenvalue weighted by Crippen LogP contribution is 2.12. The molecule has 0 aromatic carbocycles. The van der Waals surface area contributed by atoms with Crippen LogP contribution < -0.4 is 5.32 Å². The number of aromatic nitrogens is 3. The lowest BCUT2D eigenvalue weighted by Gasteiger charge is -2.06. The molecular weight excluding hydrogens is 176 g/mol. The molecule has 0 aliphatic rings. The molecular formula is C10H14N4. The van der Waals surface area contributed by atoms with Crippen molar-refractivity contribution in [3.8, 4) is 0 Å². The molecule has 0 fully saturated rings. The highest BCUT2D eigenvalue weighted by molar-refractivity contribution is 5.48. The van der Waals surface area contributed by atoms with Crippen molar-refractivity contribution in [1.82, 2.24) is 14.6 Å². The molecule has 0 aliphatic carbocycles. The molecule has 14 heavy (non-hydrogen) atoms. The number of hydrogen-bond donors (Lipinski definition) is 1. The molecule has 74 valence electrons. The van der Waals surface area contributed by atoms with E-state index in [2.05, 4.69) is 22.3 Å². The van der Waals surface area contributed by atoms with E-state index in [1.54, 1.807) is 10.7 Å². The van der Waals surface area contributed by atoms with Crippen LogP contribution >= 0.6 is 0 Å². The highest BCUT2D eigenvalue weighted by Gasteiger charge is 2.03. The number of hydrogen-bond acceptors (Lipinski definition) is 3. The Morgan fingerprint density at radius 2 is 2.36 bits per heavy atom. The Morgan fingerprint density at radius 3 is 3.07 bits per heavy atom. The molecule has 0 spiro atoms. The summed E-state index contributed by atoms with van der Waals surface area (Å²) in [5.41, 5.74) is 2.02. The Balaban J connectivity index is 2.55. The minimum atomic E-state index is 0.903. The molecule has 2 aromatic heterocycles. The van der Waals surface area contributed by atoms with Crippen molar-refractivity contribution in [1.29, 1.82) is 0 Å². The third-order valence-electron chi connectivity index (χ3n) is 2.17. The fourth-order valence-electron chi connectivity index (χ4n) is 1.53. The SMILES string of the molecule is CCCc1cc(NC)n2nccc2n1. The van der Waals surface area contributed by atoms with Crippen molar-refractivity contribution >= 4 is 11.5 Å². The van der Waals surface area contributed by atoms with Gasteiger partial charge in [0.05, 0.1) is 6.20 Å². The number of rotatable bonds is 3. The molecule has 0 unspecified atom stereocenters. The van der Waals surface area contributed by atoms with Gasteiger partial charge in [-0.1, -0.05) is 13.3 Å². The lowest BCUT2D eigenvalue weighted by Crippen LogP contribution is -2.03. The molecule has 2 heterocycles. The Bertz CT molecular complexity index is 433. The van der Waals surface area contributed by atoms with Gasteiger partial charge < -0.3 is 5.32 Å². The zero-order chi connectivity index (χ0) is 9.97. The molecule has 4 nitrogen and oxygen atoms in total. The number of nitrogens with one attached hydrogen (secondary N) is 1. The maximum absolute atomic E-state index is 4.49. The topological polar surface area (TPSA) is 42.2 Å². The molecule has 1 N–H and O–H groups in total. The fourth-order valence-corrected chi connectivity index (χ4v) is 1.53. The van der Waals surface area contributed by atoms with E-state index in [1.807, 2.05) is 19.2 Å². The van der Waals surface area contributed by atoms with E-state index in [1.165, 1.54) is 0 Å². The first-order valence-corrected chi connectivity index (χ1v) is 4.86. The first-order valence-electron chi connectivity index (χ1n) is 4.86. The Labute approximate surface area is 83.0 Å². The zero-order valence-corrected chi connectivity index (χ0v) is 8.49. The largest absolute Gasteiger partial charge is 0.373 e. The van der Waals surface area contributed by atoms with E-state index < -0.39 is 0 Å². The first kappa shape index (κ1) is 8.99. The van der Waals surface area contributed by atoms with Gasteiger partial charge >= 0.3 is 0 Å². The summed E-state index contributed by atoms with van der Waals surface area (Å²) in [6.07, 6.45) is 3.88. The molecule has 4 heteroatoms. The highest BCUT2D eigenvalue weighted by atomic mass is 15.3. The quantitative estimate of drug-likeness (QED) is 0.801. The second-order valence-corrected chi connectivity index (χ2v) is 3.23. The zero-order valence-electron chi connectivity index (χ0n) is 8.49. The van der Waals surface area contributed by atoms with E-state index >= 15 is 0 Å². The maximum atomic E-state index is 4.49. The van der Waals surface area contributed by atoms with Crippen LogP contribution in [0, 0.1) is 0 Å². The minimum absolute atomic E-state index is 0.903. The summed E-state index contributed by atoms with van der Waals surface area (Å²) >= 11 is 0. The minimum Gasteiger partial charge on any atom is -0.373 e. The van der Waals surface area contributed by atoms with Gasteiger partial charge in [-0.05, 0) is 6.42 Å². The van der Waals surface area contributed by atoms with Gasteiger partial charge in [0.1, 0.15) is 5.82 Å². The van der Waals surface area contributed by atoms with Crippen LogP contribution in [0.1, 0.15) is 19.0 Å². The maximum Gasteiger partial charge on any atom is 0.157 e. The van der Waals surface area contributed by atoms with Crippen LogP contribution in [0.25, 0.3) is 5.65 Å². The Hall–Kier alpha value is -1.58. The molecule has 0 saturated carbocycles. The predicted octanol–water partition coefficient (Wildman–Crippen LogP) is 1.72. The van der Waals surface area contributed by atoms with Gasteiger partial charge in [0.25, 0.3) is 0 Å². The second kappa shape index (κ2) is 3.65. The second-order valence-electron chi connectivity index (χ2n) is 3.23. The lowest BCUT2D eigenvalue weighted by atomic mass is 10.2. The normalized spacial score (nSPS) is 10.7. The van der Waals surface area contributed by atoms with Crippen LogP contribution in [0.2, 0.25) is 0 Å². The van der Waals surface area contributed by atoms with Gasteiger partial charge in [-0.25, -0.2) is 4.98 Å². The van der Waals surface area contributed by atoms with E-state index in [0.717, 1.165) is 30.0 Å². The van der Waals surface area contributed by atoms with Crippen LogP contribution in [0.5, 0.6) is 0 Å². The Kier molecular flexibility index (Phi) is 2.35.